The zero-order chi connectivity index (χ0) is 10.4. The Labute approximate surface area is 99.0 Å². The largest absolute Gasteiger partial charge is 0.317 e. The molecule has 0 fully saturated rings. The van der Waals surface area contributed by atoms with E-state index in [0.29, 0.717) is 0 Å². The lowest BCUT2D eigenvalue weighted by Crippen LogP contribution is -2.20. The number of nitrogens with one attached hydrogen (secondary N) is 1. The highest BCUT2D eigenvalue weighted by molar-refractivity contribution is 9.10. The van der Waals surface area contributed by atoms with Crippen LogP contribution in [0, 0.1) is 5.92 Å². The molecule has 0 saturated carbocycles. The Morgan fingerprint density at radius 2 is 2.36 bits per heavy atom. The molecule has 1 atom stereocenters. The molecule has 80 valence electrons. The van der Waals surface area contributed by atoms with E-state index in [1.807, 2.05) is 11.3 Å². The van der Waals surface area contributed by atoms with Gasteiger partial charge in [-0.3, -0.25) is 0 Å². The molecule has 0 radical (unpaired) electrons. The van der Waals surface area contributed by atoms with E-state index in [1.54, 1.807) is 0 Å². The Bertz CT molecular complexity index is 260. The van der Waals surface area contributed by atoms with Crippen LogP contribution < -0.4 is 5.32 Å². The van der Waals surface area contributed by atoms with Crippen LogP contribution in [0.3, 0.4) is 0 Å². The first-order valence-corrected chi connectivity index (χ1v) is 6.84. The van der Waals surface area contributed by atoms with Crippen molar-refractivity contribution in [3.63, 3.8) is 0 Å². The van der Waals surface area contributed by atoms with Crippen LogP contribution in [0.25, 0.3) is 0 Å². The van der Waals surface area contributed by atoms with E-state index < -0.39 is 0 Å². The van der Waals surface area contributed by atoms with Crippen molar-refractivity contribution in [2.45, 2.75) is 26.7 Å². The molecule has 0 aliphatic carbocycles. The summed E-state index contributed by atoms with van der Waals surface area (Å²) in [4.78, 5) is 1.48. The number of thiophene rings is 1. The monoisotopic (exact) mass is 275 g/mol. The molecule has 1 N–H and O–H groups in total. The SMILES string of the molecule is CCNCC(C)CCc1sccc1Br. The smallest absolute Gasteiger partial charge is 0.0314 e. The van der Waals surface area contributed by atoms with Crippen LogP contribution in [0.4, 0.5) is 0 Å². The lowest BCUT2D eigenvalue weighted by Gasteiger charge is -2.10. The Morgan fingerprint density at radius 3 is 2.93 bits per heavy atom. The van der Waals surface area contributed by atoms with Crippen LogP contribution in [0.5, 0.6) is 0 Å². The average molecular weight is 276 g/mol. The summed E-state index contributed by atoms with van der Waals surface area (Å²) in [5, 5.41) is 5.53. The first-order chi connectivity index (χ1) is 6.74. The van der Waals surface area contributed by atoms with Gasteiger partial charge in [0.25, 0.3) is 0 Å². The van der Waals surface area contributed by atoms with Crippen LogP contribution in [0.15, 0.2) is 15.9 Å². The van der Waals surface area contributed by atoms with Crippen LogP contribution in [-0.4, -0.2) is 13.1 Å². The number of hydrogen-bond donors (Lipinski definition) is 1. The van der Waals surface area contributed by atoms with Gasteiger partial charge in [0.05, 0.1) is 0 Å². The van der Waals surface area contributed by atoms with Gasteiger partial charge in [0.2, 0.25) is 0 Å². The molecule has 1 aromatic rings. The summed E-state index contributed by atoms with van der Waals surface area (Å²) in [6.45, 7) is 6.68. The maximum absolute atomic E-state index is 3.56. The summed E-state index contributed by atoms with van der Waals surface area (Å²) < 4.78 is 1.28. The topological polar surface area (TPSA) is 12.0 Å². The zero-order valence-electron chi connectivity index (χ0n) is 8.85. The van der Waals surface area contributed by atoms with E-state index in [2.05, 4.69) is 46.5 Å². The van der Waals surface area contributed by atoms with Gasteiger partial charge in [0.15, 0.2) is 0 Å². The van der Waals surface area contributed by atoms with Gasteiger partial charge in [-0.2, -0.15) is 0 Å². The molecule has 1 unspecified atom stereocenters. The lowest BCUT2D eigenvalue weighted by molar-refractivity contribution is 0.490. The predicted octanol–water partition coefficient (Wildman–Crippen LogP) is 3.69. The number of aryl methyl sites for hydroxylation is 1. The standard InChI is InChI=1S/C11H18BrNS/c1-3-13-8-9(2)4-5-11-10(12)6-7-14-11/h6-7,9,13H,3-5,8H2,1-2H3. The fraction of sp³-hybridized carbons (Fsp3) is 0.636. The van der Waals surface area contributed by atoms with E-state index in [0.717, 1.165) is 19.0 Å². The third kappa shape index (κ3) is 4.11. The van der Waals surface area contributed by atoms with Crippen LogP contribution in [0.1, 0.15) is 25.1 Å². The van der Waals surface area contributed by atoms with Crippen LogP contribution in [-0.2, 0) is 6.42 Å². The molecule has 1 heterocycles. The summed E-state index contributed by atoms with van der Waals surface area (Å²) in [6, 6.07) is 2.13. The third-order valence-corrected chi connectivity index (χ3v) is 4.28. The highest BCUT2D eigenvalue weighted by Crippen LogP contribution is 2.24. The summed E-state index contributed by atoms with van der Waals surface area (Å²) in [5.41, 5.74) is 0. The predicted molar refractivity (Wildman–Crippen MR) is 68.0 cm³/mol. The minimum atomic E-state index is 0.768. The minimum absolute atomic E-state index is 0.768. The molecular formula is C11H18BrNS. The van der Waals surface area contributed by atoms with Crippen molar-refractivity contribution in [2.75, 3.05) is 13.1 Å². The van der Waals surface area contributed by atoms with E-state index in [9.17, 15) is 0 Å². The Morgan fingerprint density at radius 1 is 1.57 bits per heavy atom. The molecule has 0 spiro atoms. The van der Waals surface area contributed by atoms with Crippen molar-refractivity contribution in [1.82, 2.24) is 5.32 Å². The van der Waals surface area contributed by atoms with Crippen molar-refractivity contribution < 1.29 is 0 Å². The van der Waals surface area contributed by atoms with E-state index in [4.69, 9.17) is 0 Å². The second kappa shape index (κ2) is 6.59. The maximum atomic E-state index is 3.56. The molecule has 1 rings (SSSR count). The molecule has 0 amide bonds. The summed E-state index contributed by atoms with van der Waals surface area (Å²) >= 11 is 5.41. The molecule has 1 nitrogen and oxygen atoms in total. The average Bonchev–Trinajstić information content (AvgIpc) is 2.58. The van der Waals surface area contributed by atoms with E-state index in [-0.39, 0.29) is 0 Å². The second-order valence-electron chi connectivity index (χ2n) is 3.64. The first-order valence-electron chi connectivity index (χ1n) is 5.16. The maximum Gasteiger partial charge on any atom is 0.0314 e. The molecule has 3 heteroatoms. The van der Waals surface area contributed by atoms with Gasteiger partial charge >= 0.3 is 0 Å². The molecule has 14 heavy (non-hydrogen) atoms. The van der Waals surface area contributed by atoms with Crippen molar-refractivity contribution in [1.29, 1.82) is 0 Å². The first kappa shape index (κ1) is 12.2. The second-order valence-corrected chi connectivity index (χ2v) is 5.50. The fourth-order valence-corrected chi connectivity index (χ4v) is 2.94. The normalized spacial score (nSPS) is 13.1. The van der Waals surface area contributed by atoms with Gasteiger partial charge in [-0.15, -0.1) is 11.3 Å². The molecule has 0 aromatic carbocycles. The van der Waals surface area contributed by atoms with Gasteiger partial charge in [0.1, 0.15) is 0 Å². The van der Waals surface area contributed by atoms with Gasteiger partial charge < -0.3 is 5.32 Å². The van der Waals surface area contributed by atoms with Gasteiger partial charge in [-0.1, -0.05) is 13.8 Å². The van der Waals surface area contributed by atoms with Crippen LogP contribution in [0.2, 0.25) is 0 Å². The van der Waals surface area contributed by atoms with Crippen molar-refractivity contribution >= 4 is 27.3 Å². The highest BCUT2D eigenvalue weighted by atomic mass is 79.9. The van der Waals surface area contributed by atoms with E-state index in [1.165, 1.54) is 22.2 Å². The quantitative estimate of drug-likeness (QED) is 0.835. The zero-order valence-corrected chi connectivity index (χ0v) is 11.2. The summed E-state index contributed by atoms with van der Waals surface area (Å²) in [7, 11) is 0. The molecular weight excluding hydrogens is 258 g/mol. The number of rotatable bonds is 6. The number of hydrogen-bond acceptors (Lipinski definition) is 2. The van der Waals surface area contributed by atoms with Crippen molar-refractivity contribution in [3.05, 3.63) is 20.8 Å². The van der Waals surface area contributed by atoms with Gasteiger partial charge in [0, 0.05) is 9.35 Å². The molecule has 0 aliphatic heterocycles. The van der Waals surface area contributed by atoms with Crippen LogP contribution >= 0.6 is 27.3 Å². The van der Waals surface area contributed by atoms with Crippen molar-refractivity contribution in [3.8, 4) is 0 Å². The molecule has 0 bridgehead atoms. The van der Waals surface area contributed by atoms with Gasteiger partial charge in [-0.25, -0.2) is 0 Å². The fourth-order valence-electron chi connectivity index (χ4n) is 1.37. The molecule has 1 aromatic heterocycles. The van der Waals surface area contributed by atoms with E-state index >= 15 is 0 Å². The molecule has 0 aliphatic rings. The van der Waals surface area contributed by atoms with Gasteiger partial charge in [-0.05, 0) is 59.2 Å². The van der Waals surface area contributed by atoms with Crippen molar-refractivity contribution in [2.24, 2.45) is 5.92 Å². The Balaban J connectivity index is 2.23. The lowest BCUT2D eigenvalue weighted by atomic mass is 10.1. The summed E-state index contributed by atoms with van der Waals surface area (Å²) in [5.74, 6) is 0.768. The Kier molecular flexibility index (Phi) is 5.75. The highest BCUT2D eigenvalue weighted by Gasteiger charge is 2.05. The molecule has 0 saturated heterocycles. The summed E-state index contributed by atoms with van der Waals surface area (Å²) in [6.07, 6.45) is 2.47. The number of halogens is 1. The Hall–Kier alpha value is 0.140. The third-order valence-electron chi connectivity index (χ3n) is 2.30. The minimum Gasteiger partial charge on any atom is -0.317 e.